The fraction of sp³-hybridized carbons (Fsp3) is 0.500. The number of hydrogen-bond donors (Lipinski definition) is 1. The molecule has 2 fully saturated rings. The Morgan fingerprint density at radius 2 is 1.90 bits per heavy atom. The Morgan fingerprint density at radius 1 is 1.25 bits per heavy atom. The van der Waals surface area contributed by atoms with Crippen molar-refractivity contribution in [3.8, 4) is 0 Å². The first-order valence-corrected chi connectivity index (χ1v) is 7.52. The number of anilines is 1. The van der Waals surface area contributed by atoms with Crippen molar-refractivity contribution >= 4 is 27.5 Å². The highest BCUT2D eigenvalue weighted by Crippen LogP contribution is 2.32. The molecule has 0 radical (unpaired) electrons. The number of rotatable bonds is 1. The highest BCUT2D eigenvalue weighted by atomic mass is 79.9. The molecule has 3 rings (SSSR count). The molecule has 0 atom stereocenters. The van der Waals surface area contributed by atoms with E-state index in [0.29, 0.717) is 42.0 Å². The molecule has 2 heterocycles. The molecule has 1 aromatic rings. The summed E-state index contributed by atoms with van der Waals surface area (Å²) in [6.07, 6.45) is 1.44. The summed E-state index contributed by atoms with van der Waals surface area (Å²) in [5, 5.41) is 0. The van der Waals surface area contributed by atoms with E-state index in [-0.39, 0.29) is 5.91 Å². The fourth-order valence-corrected chi connectivity index (χ4v) is 3.16. The van der Waals surface area contributed by atoms with E-state index in [9.17, 15) is 4.79 Å². The highest BCUT2D eigenvalue weighted by Gasteiger charge is 2.41. The predicted molar refractivity (Wildman–Crippen MR) is 78.3 cm³/mol. The molecule has 0 saturated carbocycles. The van der Waals surface area contributed by atoms with Crippen molar-refractivity contribution in [2.75, 3.05) is 32.0 Å². The number of piperidine rings is 1. The lowest BCUT2D eigenvalue weighted by Crippen LogP contribution is -2.47. The van der Waals surface area contributed by atoms with Gasteiger partial charge in [0.1, 0.15) is 0 Å². The van der Waals surface area contributed by atoms with Crippen molar-refractivity contribution < 1.29 is 14.3 Å². The van der Waals surface area contributed by atoms with E-state index in [1.165, 1.54) is 0 Å². The third-order valence-corrected chi connectivity index (χ3v) is 4.77. The monoisotopic (exact) mass is 340 g/mol. The van der Waals surface area contributed by atoms with Gasteiger partial charge in [0.05, 0.1) is 23.2 Å². The summed E-state index contributed by atoms with van der Waals surface area (Å²) in [6, 6.07) is 5.35. The second-order valence-electron chi connectivity index (χ2n) is 5.11. The van der Waals surface area contributed by atoms with E-state index in [4.69, 9.17) is 15.2 Å². The molecule has 1 aromatic carbocycles. The van der Waals surface area contributed by atoms with E-state index in [0.717, 1.165) is 12.8 Å². The Hall–Kier alpha value is -1.11. The van der Waals surface area contributed by atoms with Crippen molar-refractivity contribution in [1.29, 1.82) is 0 Å². The average Bonchev–Trinajstić information content (AvgIpc) is 2.90. The van der Waals surface area contributed by atoms with Crippen LogP contribution in [0.4, 0.5) is 5.69 Å². The van der Waals surface area contributed by atoms with Gasteiger partial charge in [-0.3, -0.25) is 4.79 Å². The van der Waals surface area contributed by atoms with Gasteiger partial charge in [-0.05, 0) is 28.1 Å². The number of carbonyl (C=O) groups is 1. The Kier molecular flexibility index (Phi) is 3.70. The lowest BCUT2D eigenvalue weighted by Gasteiger charge is -2.37. The zero-order chi connectivity index (χ0) is 14.2. The van der Waals surface area contributed by atoms with Gasteiger partial charge in [-0.2, -0.15) is 0 Å². The number of amides is 1. The number of halogens is 1. The Bertz CT molecular complexity index is 519. The molecule has 5 nitrogen and oxygen atoms in total. The topological polar surface area (TPSA) is 64.8 Å². The molecule has 2 aliphatic heterocycles. The van der Waals surface area contributed by atoms with Gasteiger partial charge in [-0.25, -0.2) is 0 Å². The van der Waals surface area contributed by atoms with Gasteiger partial charge in [0.2, 0.25) is 0 Å². The van der Waals surface area contributed by atoms with Gasteiger partial charge < -0.3 is 20.1 Å². The van der Waals surface area contributed by atoms with Crippen LogP contribution in [-0.2, 0) is 9.47 Å². The average molecular weight is 341 g/mol. The van der Waals surface area contributed by atoms with Crippen LogP contribution in [0, 0.1) is 0 Å². The zero-order valence-corrected chi connectivity index (χ0v) is 12.7. The van der Waals surface area contributed by atoms with Crippen LogP contribution in [0.15, 0.2) is 22.7 Å². The molecule has 2 aliphatic rings. The number of ether oxygens (including phenoxy) is 2. The maximum absolute atomic E-state index is 12.5. The standard InChI is InChI=1S/C14H17BrN2O3/c15-12-10(2-1-3-11(12)16)13(18)17-6-4-14(5-7-17)19-8-9-20-14/h1-3H,4-9,16H2. The molecular weight excluding hydrogens is 324 g/mol. The lowest BCUT2D eigenvalue weighted by atomic mass is 10.0. The molecule has 6 heteroatoms. The summed E-state index contributed by atoms with van der Waals surface area (Å²) in [6.45, 7) is 2.57. The van der Waals surface area contributed by atoms with Crippen LogP contribution >= 0.6 is 15.9 Å². The first-order chi connectivity index (χ1) is 9.61. The maximum atomic E-state index is 12.5. The van der Waals surface area contributed by atoms with Gasteiger partial charge in [0, 0.05) is 31.6 Å². The molecule has 0 bridgehead atoms. The Balaban J connectivity index is 1.71. The summed E-state index contributed by atoms with van der Waals surface area (Å²) in [5.41, 5.74) is 7.01. The Labute approximate surface area is 126 Å². The molecular formula is C14H17BrN2O3. The number of hydrogen-bond acceptors (Lipinski definition) is 4. The minimum atomic E-state index is -0.455. The first kappa shape index (κ1) is 13.9. The zero-order valence-electron chi connectivity index (χ0n) is 11.1. The number of nitrogens with zero attached hydrogens (tertiary/aromatic N) is 1. The van der Waals surface area contributed by atoms with Crippen molar-refractivity contribution in [2.24, 2.45) is 0 Å². The Morgan fingerprint density at radius 3 is 2.55 bits per heavy atom. The van der Waals surface area contributed by atoms with Crippen LogP contribution in [0.25, 0.3) is 0 Å². The summed E-state index contributed by atoms with van der Waals surface area (Å²) in [4.78, 5) is 14.4. The van der Waals surface area contributed by atoms with Gasteiger partial charge in [0.25, 0.3) is 5.91 Å². The quantitative estimate of drug-likeness (QED) is 0.794. The number of nitrogens with two attached hydrogens (primary N) is 1. The second kappa shape index (κ2) is 5.35. The normalized spacial score (nSPS) is 21.4. The molecule has 0 aromatic heterocycles. The van der Waals surface area contributed by atoms with Crippen molar-refractivity contribution in [3.63, 3.8) is 0 Å². The van der Waals surface area contributed by atoms with E-state index < -0.39 is 5.79 Å². The van der Waals surface area contributed by atoms with E-state index in [2.05, 4.69) is 15.9 Å². The SMILES string of the molecule is Nc1cccc(C(=O)N2CCC3(CC2)OCCO3)c1Br. The van der Waals surface area contributed by atoms with Gasteiger partial charge in [-0.1, -0.05) is 6.07 Å². The summed E-state index contributed by atoms with van der Waals surface area (Å²) in [7, 11) is 0. The van der Waals surface area contributed by atoms with Gasteiger partial charge in [0.15, 0.2) is 5.79 Å². The molecule has 20 heavy (non-hydrogen) atoms. The molecule has 108 valence electrons. The molecule has 2 saturated heterocycles. The van der Waals surface area contributed by atoms with Gasteiger partial charge >= 0.3 is 0 Å². The smallest absolute Gasteiger partial charge is 0.255 e. The third-order valence-electron chi connectivity index (χ3n) is 3.89. The summed E-state index contributed by atoms with van der Waals surface area (Å²) < 4.78 is 12.0. The number of likely N-dealkylation sites (tertiary alicyclic amines) is 1. The van der Waals surface area contributed by atoms with Crippen molar-refractivity contribution in [2.45, 2.75) is 18.6 Å². The number of carbonyl (C=O) groups excluding carboxylic acids is 1. The van der Waals surface area contributed by atoms with E-state index >= 15 is 0 Å². The largest absolute Gasteiger partial charge is 0.398 e. The highest BCUT2D eigenvalue weighted by molar-refractivity contribution is 9.10. The molecule has 0 unspecified atom stereocenters. The first-order valence-electron chi connectivity index (χ1n) is 6.72. The predicted octanol–water partition coefficient (Wildman–Crippen LogP) is 2.01. The minimum absolute atomic E-state index is 0.00276. The number of benzene rings is 1. The molecule has 1 amide bonds. The summed E-state index contributed by atoms with van der Waals surface area (Å²) >= 11 is 3.39. The minimum Gasteiger partial charge on any atom is -0.398 e. The van der Waals surface area contributed by atoms with E-state index in [1.807, 2.05) is 4.90 Å². The molecule has 0 aliphatic carbocycles. The van der Waals surface area contributed by atoms with Crippen LogP contribution in [0.3, 0.4) is 0 Å². The summed E-state index contributed by atoms with van der Waals surface area (Å²) in [5.74, 6) is -0.457. The molecule has 2 N–H and O–H groups in total. The second-order valence-corrected chi connectivity index (χ2v) is 5.90. The van der Waals surface area contributed by atoms with Crippen LogP contribution in [0.1, 0.15) is 23.2 Å². The van der Waals surface area contributed by atoms with Crippen molar-refractivity contribution in [1.82, 2.24) is 4.90 Å². The molecule has 1 spiro atoms. The van der Waals surface area contributed by atoms with Gasteiger partial charge in [-0.15, -0.1) is 0 Å². The van der Waals surface area contributed by atoms with Crippen LogP contribution < -0.4 is 5.73 Å². The lowest BCUT2D eigenvalue weighted by molar-refractivity contribution is -0.181. The van der Waals surface area contributed by atoms with Crippen molar-refractivity contribution in [3.05, 3.63) is 28.2 Å². The van der Waals surface area contributed by atoms with Crippen LogP contribution in [0.2, 0.25) is 0 Å². The maximum Gasteiger partial charge on any atom is 0.255 e. The third kappa shape index (κ3) is 2.43. The van der Waals surface area contributed by atoms with E-state index in [1.54, 1.807) is 18.2 Å². The fourth-order valence-electron chi connectivity index (χ4n) is 2.72. The van der Waals surface area contributed by atoms with Crippen LogP contribution in [0.5, 0.6) is 0 Å². The van der Waals surface area contributed by atoms with Crippen LogP contribution in [-0.4, -0.2) is 42.9 Å². The number of nitrogen functional groups attached to an aromatic ring is 1.